The van der Waals surface area contributed by atoms with E-state index in [1.165, 1.54) is 27.8 Å². The van der Waals surface area contributed by atoms with E-state index in [1.54, 1.807) is 6.07 Å². The summed E-state index contributed by atoms with van der Waals surface area (Å²) in [5.74, 6) is 0.506. The van der Waals surface area contributed by atoms with Crippen LogP contribution in [-0.2, 0) is 6.54 Å². The molecular formula is C25H34N2O5. The van der Waals surface area contributed by atoms with Crippen LogP contribution in [0.2, 0.25) is 0 Å². The smallest absolute Gasteiger partial charge is 0.297 e. The van der Waals surface area contributed by atoms with E-state index in [1.807, 2.05) is 19.9 Å². The van der Waals surface area contributed by atoms with Gasteiger partial charge < -0.3 is 14.0 Å². The van der Waals surface area contributed by atoms with Crippen molar-refractivity contribution in [3.8, 4) is 11.5 Å². The van der Waals surface area contributed by atoms with Crippen LogP contribution in [0.1, 0.15) is 60.3 Å². The van der Waals surface area contributed by atoms with Gasteiger partial charge in [0.2, 0.25) is 5.75 Å². The lowest BCUT2D eigenvalue weighted by molar-refractivity contribution is -0.384. The zero-order chi connectivity index (χ0) is 23.7. The van der Waals surface area contributed by atoms with Crippen LogP contribution in [0.25, 0.3) is 10.9 Å². The van der Waals surface area contributed by atoms with E-state index in [0.29, 0.717) is 29.8 Å². The Morgan fingerprint density at radius 3 is 2.50 bits per heavy atom. The normalized spacial score (nSPS) is 11.5. The number of aryl methyl sites for hydroxylation is 1. The first-order valence-electron chi connectivity index (χ1n) is 11.2. The molecule has 0 spiro atoms. The van der Waals surface area contributed by atoms with Crippen molar-refractivity contribution >= 4 is 16.6 Å². The summed E-state index contributed by atoms with van der Waals surface area (Å²) < 4.78 is 13.4. The predicted octanol–water partition coefficient (Wildman–Crippen LogP) is 6.18. The molecular weight excluding hydrogens is 408 g/mol. The first-order chi connectivity index (χ1) is 15.3. The van der Waals surface area contributed by atoms with E-state index >= 15 is 0 Å². The van der Waals surface area contributed by atoms with Gasteiger partial charge in [-0.05, 0) is 59.1 Å². The highest BCUT2D eigenvalue weighted by atomic mass is 16.6. The van der Waals surface area contributed by atoms with Gasteiger partial charge in [-0.15, -0.1) is 0 Å². The van der Waals surface area contributed by atoms with Crippen molar-refractivity contribution in [3.63, 3.8) is 0 Å². The maximum atomic E-state index is 13.2. The van der Waals surface area contributed by atoms with Crippen LogP contribution in [0, 0.1) is 10.1 Å². The van der Waals surface area contributed by atoms with Crippen molar-refractivity contribution in [1.29, 1.82) is 0 Å². The Morgan fingerprint density at radius 1 is 1.12 bits per heavy atom. The van der Waals surface area contributed by atoms with Gasteiger partial charge in [0, 0.05) is 24.1 Å². The summed E-state index contributed by atoms with van der Waals surface area (Å²) in [6.45, 7) is 11.1. The van der Waals surface area contributed by atoms with Crippen LogP contribution in [-0.4, -0.2) is 22.7 Å². The van der Waals surface area contributed by atoms with E-state index in [0.717, 1.165) is 25.7 Å². The van der Waals surface area contributed by atoms with E-state index in [4.69, 9.17) is 9.47 Å². The van der Waals surface area contributed by atoms with Crippen molar-refractivity contribution in [2.24, 2.45) is 0 Å². The number of hydrogen-bond donors (Lipinski definition) is 0. The Balaban J connectivity index is 2.47. The molecule has 0 aliphatic rings. The number of nitrogens with zero attached hydrogens (tertiary/aromatic N) is 2. The highest BCUT2D eigenvalue weighted by Gasteiger charge is 2.21. The Morgan fingerprint density at radius 2 is 1.88 bits per heavy atom. The first kappa shape index (κ1) is 25.2. The SMILES string of the molecule is CCCCOc1c(OC/C=C(\C)CCC=C(C)C)c2ccc([N+](=O)[O-])cc2n(CC)c1=O. The molecule has 2 rings (SSSR count). The van der Waals surface area contributed by atoms with Gasteiger partial charge >= 0.3 is 0 Å². The van der Waals surface area contributed by atoms with E-state index in [-0.39, 0.29) is 23.6 Å². The number of allylic oxidation sites excluding steroid dienone is 3. The maximum absolute atomic E-state index is 13.2. The van der Waals surface area contributed by atoms with Crippen LogP contribution in [0.4, 0.5) is 5.69 Å². The molecule has 0 atom stereocenters. The minimum absolute atomic E-state index is 0.0697. The quantitative estimate of drug-likeness (QED) is 0.170. The second-order valence-electron chi connectivity index (χ2n) is 8.05. The molecule has 0 aliphatic heterocycles. The van der Waals surface area contributed by atoms with Crippen molar-refractivity contribution in [2.75, 3.05) is 13.2 Å². The number of nitro groups is 1. The molecule has 32 heavy (non-hydrogen) atoms. The number of nitro benzene ring substituents is 1. The molecule has 0 bridgehead atoms. The number of fused-ring (bicyclic) bond motifs is 1. The van der Waals surface area contributed by atoms with Gasteiger partial charge in [0.25, 0.3) is 11.2 Å². The van der Waals surface area contributed by atoms with Crippen LogP contribution in [0.15, 0.2) is 46.3 Å². The molecule has 1 heterocycles. The largest absolute Gasteiger partial charge is 0.485 e. The second kappa shape index (κ2) is 12.1. The summed E-state index contributed by atoms with van der Waals surface area (Å²) >= 11 is 0. The fraction of sp³-hybridized carbons (Fsp3) is 0.480. The van der Waals surface area contributed by atoms with E-state index in [9.17, 15) is 14.9 Å². The monoisotopic (exact) mass is 442 g/mol. The number of pyridine rings is 1. The Kier molecular flexibility index (Phi) is 9.50. The lowest BCUT2D eigenvalue weighted by Crippen LogP contribution is -2.23. The molecule has 0 aliphatic carbocycles. The van der Waals surface area contributed by atoms with Crippen LogP contribution < -0.4 is 15.0 Å². The van der Waals surface area contributed by atoms with Gasteiger partial charge in [-0.25, -0.2) is 0 Å². The lowest BCUT2D eigenvalue weighted by Gasteiger charge is -2.17. The number of benzene rings is 1. The first-order valence-corrected chi connectivity index (χ1v) is 11.2. The molecule has 1 aromatic heterocycles. The summed E-state index contributed by atoms with van der Waals surface area (Å²) in [7, 11) is 0. The minimum Gasteiger partial charge on any atom is -0.485 e. The van der Waals surface area contributed by atoms with Gasteiger partial charge in [0.1, 0.15) is 6.61 Å². The molecule has 0 saturated carbocycles. The van der Waals surface area contributed by atoms with Crippen molar-refractivity contribution < 1.29 is 14.4 Å². The Labute approximate surface area is 189 Å². The summed E-state index contributed by atoms with van der Waals surface area (Å²) in [5, 5.41) is 11.9. The summed E-state index contributed by atoms with van der Waals surface area (Å²) in [5.41, 5.74) is 2.54. The lowest BCUT2D eigenvalue weighted by atomic mass is 10.1. The molecule has 0 saturated heterocycles. The zero-order valence-electron chi connectivity index (χ0n) is 19.8. The zero-order valence-corrected chi connectivity index (χ0v) is 19.8. The predicted molar refractivity (Wildman–Crippen MR) is 129 cm³/mol. The summed E-state index contributed by atoms with van der Waals surface area (Å²) in [4.78, 5) is 24.0. The van der Waals surface area contributed by atoms with Gasteiger partial charge in [-0.3, -0.25) is 14.9 Å². The fourth-order valence-electron chi connectivity index (χ4n) is 3.36. The third-order valence-electron chi connectivity index (χ3n) is 5.18. The minimum atomic E-state index is -0.464. The molecule has 7 nitrogen and oxygen atoms in total. The molecule has 0 radical (unpaired) electrons. The molecule has 7 heteroatoms. The highest BCUT2D eigenvalue weighted by Crippen LogP contribution is 2.35. The molecule has 0 N–H and O–H groups in total. The maximum Gasteiger partial charge on any atom is 0.297 e. The molecule has 1 aromatic carbocycles. The van der Waals surface area contributed by atoms with Crippen LogP contribution in [0.3, 0.4) is 0 Å². The van der Waals surface area contributed by atoms with Crippen LogP contribution in [0.5, 0.6) is 11.5 Å². The number of non-ortho nitro benzene ring substituents is 1. The third kappa shape index (κ3) is 6.45. The Hall–Kier alpha value is -3.09. The summed E-state index contributed by atoms with van der Waals surface area (Å²) in [6.07, 6.45) is 7.84. The highest BCUT2D eigenvalue weighted by molar-refractivity contribution is 5.89. The fourth-order valence-corrected chi connectivity index (χ4v) is 3.36. The number of rotatable bonds is 12. The van der Waals surface area contributed by atoms with Crippen LogP contribution >= 0.6 is 0 Å². The number of unbranched alkanes of at least 4 members (excludes halogenated alkanes) is 1. The number of aromatic nitrogens is 1. The van der Waals surface area contributed by atoms with Crippen molar-refractivity contribution in [3.05, 3.63) is 62.0 Å². The molecule has 2 aromatic rings. The van der Waals surface area contributed by atoms with E-state index in [2.05, 4.69) is 26.8 Å². The molecule has 174 valence electrons. The molecule has 0 amide bonds. The average Bonchev–Trinajstić information content (AvgIpc) is 2.75. The molecule has 0 unspecified atom stereocenters. The standard InChI is InChI=1S/C25H34N2O5/c1-6-8-15-31-24-23(32-16-14-19(5)11-9-10-18(3)4)21-13-12-20(27(29)30)17-22(21)26(7-2)25(24)28/h10,12-14,17H,6-9,11,15-16H2,1-5H3/b19-14+. The molecule has 0 fully saturated rings. The Bertz CT molecular complexity index is 1060. The van der Waals surface area contributed by atoms with E-state index < -0.39 is 4.92 Å². The topological polar surface area (TPSA) is 83.6 Å². The second-order valence-corrected chi connectivity index (χ2v) is 8.05. The van der Waals surface area contributed by atoms with Gasteiger partial charge in [0.05, 0.1) is 17.0 Å². The third-order valence-corrected chi connectivity index (χ3v) is 5.18. The van der Waals surface area contributed by atoms with Crippen molar-refractivity contribution in [1.82, 2.24) is 4.57 Å². The van der Waals surface area contributed by atoms with Gasteiger partial charge in [-0.1, -0.05) is 30.6 Å². The average molecular weight is 443 g/mol. The summed E-state index contributed by atoms with van der Waals surface area (Å²) in [6, 6.07) is 4.48. The van der Waals surface area contributed by atoms with Gasteiger partial charge in [-0.2, -0.15) is 0 Å². The van der Waals surface area contributed by atoms with Crippen molar-refractivity contribution in [2.45, 2.75) is 66.8 Å². The van der Waals surface area contributed by atoms with Gasteiger partial charge in [0.15, 0.2) is 5.75 Å². The number of hydrogen-bond acceptors (Lipinski definition) is 5. The number of ether oxygens (including phenoxy) is 2.